The molecule has 2 saturated heterocycles. The number of carbonyl (C=O) groups excluding carboxylic acids is 1. The number of hydrogen-bond donors (Lipinski definition) is 0. The van der Waals surface area contributed by atoms with Crippen molar-refractivity contribution in [2.24, 2.45) is 0 Å². The first kappa shape index (κ1) is 26.0. The molecule has 0 spiro atoms. The lowest BCUT2D eigenvalue weighted by molar-refractivity contribution is -0.274. The van der Waals surface area contributed by atoms with Crippen LogP contribution in [0.2, 0.25) is 0 Å². The van der Waals surface area contributed by atoms with Gasteiger partial charge >= 0.3 is 12.4 Å². The van der Waals surface area contributed by atoms with Crippen LogP contribution in [0.1, 0.15) is 41.1 Å². The molecular weight excluding hydrogens is 508 g/mol. The molecule has 2 aromatic carbocycles. The Morgan fingerprint density at radius 1 is 1.03 bits per heavy atom. The zero-order valence-electron chi connectivity index (χ0n) is 20.4. The summed E-state index contributed by atoms with van der Waals surface area (Å²) in [5, 5.41) is 4.06. The lowest BCUT2D eigenvalue weighted by Crippen LogP contribution is -2.52. The highest BCUT2D eigenvalue weighted by molar-refractivity contribution is 5.75. The third kappa shape index (κ3) is 6.42. The molecule has 38 heavy (non-hydrogen) atoms. The van der Waals surface area contributed by atoms with Gasteiger partial charge in [0, 0.05) is 38.5 Å². The van der Waals surface area contributed by atoms with Gasteiger partial charge in [-0.2, -0.15) is 4.98 Å². The number of carbonyl (C=O) groups is 1. The van der Waals surface area contributed by atoms with Crippen LogP contribution in [-0.4, -0.2) is 71.7 Å². The van der Waals surface area contributed by atoms with E-state index in [-0.39, 0.29) is 35.9 Å². The quantitative estimate of drug-likeness (QED) is 0.441. The molecule has 2 unspecified atom stereocenters. The molecule has 3 aromatic rings. The molecule has 5 rings (SSSR count). The average molecular weight is 535 g/mol. The van der Waals surface area contributed by atoms with Crippen molar-refractivity contribution < 1.29 is 36.4 Å². The van der Waals surface area contributed by atoms with E-state index in [1.165, 1.54) is 24.3 Å². The van der Waals surface area contributed by atoms with Crippen LogP contribution in [0.5, 0.6) is 5.75 Å². The minimum Gasteiger partial charge on any atom is -0.406 e. The Labute approximate surface area is 216 Å². The molecule has 2 amide bonds. The summed E-state index contributed by atoms with van der Waals surface area (Å²) in [7, 11) is 0. The Kier molecular flexibility index (Phi) is 7.50. The molecule has 2 aliphatic heterocycles. The number of urea groups is 1. The Morgan fingerprint density at radius 2 is 1.76 bits per heavy atom. The summed E-state index contributed by atoms with van der Waals surface area (Å²) in [6, 6.07) is 11.7. The van der Waals surface area contributed by atoms with Crippen LogP contribution in [0, 0.1) is 5.82 Å². The molecule has 3 heterocycles. The Hall–Kier alpha value is -3.67. The third-order valence-corrected chi connectivity index (χ3v) is 6.67. The van der Waals surface area contributed by atoms with E-state index in [0.29, 0.717) is 63.1 Å². The van der Waals surface area contributed by atoms with Gasteiger partial charge in [0.25, 0.3) is 0 Å². The molecule has 0 N–H and O–H groups in total. The topological polar surface area (TPSA) is 80.9 Å². The van der Waals surface area contributed by atoms with Gasteiger partial charge in [0.1, 0.15) is 11.6 Å². The highest BCUT2D eigenvalue weighted by Gasteiger charge is 2.37. The van der Waals surface area contributed by atoms with Crippen LogP contribution >= 0.6 is 0 Å². The Bertz CT molecular complexity index is 1240. The van der Waals surface area contributed by atoms with Gasteiger partial charge in [-0.25, -0.2) is 9.18 Å². The molecular formula is C26H26F4N4O4. The summed E-state index contributed by atoms with van der Waals surface area (Å²) >= 11 is 0. The van der Waals surface area contributed by atoms with Gasteiger partial charge in [0.2, 0.25) is 5.89 Å². The van der Waals surface area contributed by atoms with Crippen LogP contribution in [0.3, 0.4) is 0 Å². The molecule has 2 atom stereocenters. The van der Waals surface area contributed by atoms with Gasteiger partial charge in [0.05, 0.1) is 19.1 Å². The number of likely N-dealkylation sites (tertiary alicyclic amines) is 1. The molecule has 8 nitrogen and oxygen atoms in total. The fourth-order valence-electron chi connectivity index (χ4n) is 4.91. The zero-order chi connectivity index (χ0) is 26.7. The summed E-state index contributed by atoms with van der Waals surface area (Å²) in [6.45, 7) is 2.61. The maximum atomic E-state index is 13.6. The lowest BCUT2D eigenvalue weighted by atomic mass is 9.84. The summed E-state index contributed by atoms with van der Waals surface area (Å²) in [6.07, 6.45) is -3.94. The molecule has 202 valence electrons. The van der Waals surface area contributed by atoms with Crippen molar-refractivity contribution in [3.8, 4) is 5.75 Å². The van der Waals surface area contributed by atoms with Gasteiger partial charge in [0.15, 0.2) is 5.82 Å². The van der Waals surface area contributed by atoms with Crippen molar-refractivity contribution in [3.05, 3.63) is 77.2 Å². The van der Waals surface area contributed by atoms with E-state index in [2.05, 4.69) is 14.9 Å². The number of nitrogens with zero attached hydrogens (tertiary/aromatic N) is 4. The number of amides is 2. The second-order valence-corrected chi connectivity index (χ2v) is 9.39. The van der Waals surface area contributed by atoms with E-state index in [1.807, 2.05) is 0 Å². The molecule has 2 fully saturated rings. The molecule has 0 radical (unpaired) electrons. The molecule has 12 heteroatoms. The number of piperidine rings is 1. The highest BCUT2D eigenvalue weighted by atomic mass is 19.4. The Morgan fingerprint density at radius 3 is 2.47 bits per heavy atom. The zero-order valence-corrected chi connectivity index (χ0v) is 20.4. The number of rotatable bonds is 5. The number of halogens is 4. The largest absolute Gasteiger partial charge is 0.573 e. The van der Waals surface area contributed by atoms with Gasteiger partial charge in [-0.15, -0.1) is 13.2 Å². The van der Waals surface area contributed by atoms with Crippen molar-refractivity contribution in [2.45, 2.75) is 31.0 Å². The molecule has 0 aliphatic carbocycles. The lowest BCUT2D eigenvalue weighted by Gasteiger charge is -2.40. The monoisotopic (exact) mass is 534 g/mol. The van der Waals surface area contributed by atoms with E-state index in [4.69, 9.17) is 9.26 Å². The van der Waals surface area contributed by atoms with Crippen molar-refractivity contribution in [1.29, 1.82) is 0 Å². The molecule has 2 aliphatic rings. The Balaban J connectivity index is 1.36. The summed E-state index contributed by atoms with van der Waals surface area (Å²) < 4.78 is 66.3. The van der Waals surface area contributed by atoms with E-state index in [9.17, 15) is 22.4 Å². The fraction of sp³-hybridized carbons (Fsp3) is 0.423. The van der Waals surface area contributed by atoms with E-state index >= 15 is 0 Å². The first-order valence-electron chi connectivity index (χ1n) is 12.3. The van der Waals surface area contributed by atoms with E-state index < -0.39 is 6.36 Å². The second kappa shape index (κ2) is 11.0. The summed E-state index contributed by atoms with van der Waals surface area (Å²) in [5.74, 6) is -0.389. The van der Waals surface area contributed by atoms with Crippen LogP contribution in [0.4, 0.5) is 22.4 Å². The minimum atomic E-state index is -4.78. The molecule has 0 bridgehead atoms. The third-order valence-electron chi connectivity index (χ3n) is 6.67. The van der Waals surface area contributed by atoms with Crippen molar-refractivity contribution >= 4 is 6.03 Å². The number of aromatic nitrogens is 2. The summed E-state index contributed by atoms with van der Waals surface area (Å²) in [5.41, 5.74) is 1.47. The minimum absolute atomic E-state index is 0.139. The van der Waals surface area contributed by atoms with Crippen molar-refractivity contribution in [3.63, 3.8) is 0 Å². The highest BCUT2D eigenvalue weighted by Crippen LogP contribution is 2.37. The second-order valence-electron chi connectivity index (χ2n) is 9.39. The summed E-state index contributed by atoms with van der Waals surface area (Å²) in [4.78, 5) is 21.3. The predicted molar refractivity (Wildman–Crippen MR) is 126 cm³/mol. The maximum Gasteiger partial charge on any atom is 0.573 e. The number of alkyl halides is 3. The maximum absolute atomic E-state index is 13.6. The molecule has 1 aromatic heterocycles. The number of ether oxygens (including phenoxy) is 2. The van der Waals surface area contributed by atoms with Crippen molar-refractivity contribution in [2.75, 3.05) is 39.4 Å². The van der Waals surface area contributed by atoms with Crippen LogP contribution in [0.15, 0.2) is 53.1 Å². The fourth-order valence-corrected chi connectivity index (χ4v) is 4.91. The van der Waals surface area contributed by atoms with Crippen LogP contribution in [0.25, 0.3) is 0 Å². The van der Waals surface area contributed by atoms with Gasteiger partial charge in [-0.05, 0) is 41.8 Å². The average Bonchev–Trinajstić information content (AvgIpc) is 3.36. The molecule has 0 saturated carbocycles. The van der Waals surface area contributed by atoms with E-state index in [0.717, 1.165) is 5.56 Å². The number of morpholine rings is 1. The van der Waals surface area contributed by atoms with Crippen LogP contribution in [-0.2, 0) is 11.2 Å². The van der Waals surface area contributed by atoms with Crippen LogP contribution < -0.4 is 4.74 Å². The SMILES string of the molecule is O=C(N1CCOCC1)N1CC(c2ccc(OC(F)(F)F)cc2)CC(c2nc(Cc3cccc(F)c3)no2)C1. The number of hydrogen-bond acceptors (Lipinski definition) is 6. The number of benzene rings is 2. The smallest absolute Gasteiger partial charge is 0.406 e. The predicted octanol–water partition coefficient (Wildman–Crippen LogP) is 4.72. The van der Waals surface area contributed by atoms with Gasteiger partial charge in [-0.3, -0.25) is 0 Å². The first-order chi connectivity index (χ1) is 18.2. The first-order valence-corrected chi connectivity index (χ1v) is 12.3. The standard InChI is InChI=1S/C26H26F4N4O4/c27-21-3-1-2-17(12-21)13-23-31-24(38-32-23)20-14-19(18-4-6-22(7-5-18)37-26(28,29)30)15-34(16-20)25(35)33-8-10-36-11-9-33/h1-7,12,19-20H,8-11,13-16H2. The normalized spacial score (nSPS) is 20.4. The van der Waals surface area contributed by atoms with Crippen molar-refractivity contribution in [1.82, 2.24) is 19.9 Å². The van der Waals surface area contributed by atoms with Gasteiger partial charge < -0.3 is 23.8 Å². The van der Waals surface area contributed by atoms with E-state index in [1.54, 1.807) is 34.1 Å². The van der Waals surface area contributed by atoms with Gasteiger partial charge in [-0.1, -0.05) is 29.4 Å².